The molecule has 164 valence electrons. The number of hydrogen-bond acceptors (Lipinski definition) is 5. The molecule has 6 heteroatoms. The van der Waals surface area contributed by atoms with E-state index in [1.165, 1.54) is 4.90 Å². The number of aliphatic hydroxyl groups excluding tert-OH is 1. The normalized spacial score (nSPS) is 16.3. The molecule has 0 spiro atoms. The van der Waals surface area contributed by atoms with E-state index in [1.807, 2.05) is 42.5 Å². The zero-order valence-electron chi connectivity index (χ0n) is 18.2. The van der Waals surface area contributed by atoms with Crippen LogP contribution in [-0.2, 0) is 4.79 Å². The van der Waals surface area contributed by atoms with Crippen LogP contribution in [0.4, 0.5) is 5.69 Å². The van der Waals surface area contributed by atoms with Crippen molar-refractivity contribution in [3.63, 3.8) is 0 Å². The predicted molar refractivity (Wildman–Crippen MR) is 125 cm³/mol. The van der Waals surface area contributed by atoms with E-state index in [0.29, 0.717) is 22.9 Å². The van der Waals surface area contributed by atoms with Crippen molar-refractivity contribution in [2.45, 2.75) is 25.8 Å². The molecule has 5 rings (SSSR count). The van der Waals surface area contributed by atoms with Gasteiger partial charge in [-0.3, -0.25) is 19.5 Å². The van der Waals surface area contributed by atoms with Crippen LogP contribution in [-0.4, -0.2) is 21.8 Å². The lowest BCUT2D eigenvalue weighted by Crippen LogP contribution is -2.31. The Morgan fingerprint density at radius 2 is 1.76 bits per heavy atom. The number of hydrogen-bond donors (Lipinski definition) is 1. The maximum absolute atomic E-state index is 13.6. The molecule has 1 atom stereocenters. The molecule has 0 saturated carbocycles. The molecule has 0 fully saturated rings. The summed E-state index contributed by atoms with van der Waals surface area (Å²) in [6.07, 6.45) is 1.60. The number of amides is 1. The number of benzene rings is 2. The first-order chi connectivity index (χ1) is 16.0. The summed E-state index contributed by atoms with van der Waals surface area (Å²) in [5, 5.41) is 11.6. The van der Waals surface area contributed by atoms with Gasteiger partial charge >= 0.3 is 0 Å². The number of aromatic nitrogens is 1. The molecule has 0 bridgehead atoms. The maximum Gasteiger partial charge on any atom is 0.294 e. The molecule has 6 nitrogen and oxygen atoms in total. The highest BCUT2D eigenvalue weighted by Crippen LogP contribution is 2.41. The Balaban J connectivity index is 1.62. The molecule has 1 aliphatic rings. The SMILES string of the molecule is CC(C)c1ccc(N2C(=O)C(O)=C(C(=O)c3cc4ccccc4o3)C2c2ccccn2)cc1. The fourth-order valence-electron chi connectivity index (χ4n) is 4.17. The fourth-order valence-corrected chi connectivity index (χ4v) is 4.17. The van der Waals surface area contributed by atoms with Gasteiger partial charge in [0, 0.05) is 17.3 Å². The second-order valence-electron chi connectivity index (χ2n) is 8.32. The van der Waals surface area contributed by atoms with Crippen molar-refractivity contribution in [1.82, 2.24) is 4.98 Å². The number of fused-ring (bicyclic) bond motifs is 1. The summed E-state index contributed by atoms with van der Waals surface area (Å²) >= 11 is 0. The number of anilines is 1. The summed E-state index contributed by atoms with van der Waals surface area (Å²) < 4.78 is 5.75. The monoisotopic (exact) mass is 438 g/mol. The van der Waals surface area contributed by atoms with Crippen LogP contribution in [0.2, 0.25) is 0 Å². The Labute approximate surface area is 190 Å². The van der Waals surface area contributed by atoms with Crippen LogP contribution in [0.15, 0.2) is 94.7 Å². The van der Waals surface area contributed by atoms with E-state index in [2.05, 4.69) is 18.8 Å². The van der Waals surface area contributed by atoms with Gasteiger partial charge in [0.1, 0.15) is 11.6 Å². The molecular weight excluding hydrogens is 416 g/mol. The van der Waals surface area contributed by atoms with E-state index in [9.17, 15) is 14.7 Å². The summed E-state index contributed by atoms with van der Waals surface area (Å²) in [7, 11) is 0. The van der Waals surface area contributed by atoms with E-state index in [4.69, 9.17) is 4.42 Å². The molecule has 1 aliphatic heterocycles. The number of carbonyl (C=O) groups excluding carboxylic acids is 2. The summed E-state index contributed by atoms with van der Waals surface area (Å²) in [5.74, 6) is -1.40. The van der Waals surface area contributed by atoms with Crippen molar-refractivity contribution < 1.29 is 19.1 Å². The summed E-state index contributed by atoms with van der Waals surface area (Å²) in [4.78, 5) is 32.6. The fraction of sp³-hybridized carbons (Fsp3) is 0.148. The number of carbonyl (C=O) groups is 2. The van der Waals surface area contributed by atoms with Gasteiger partial charge in [-0.1, -0.05) is 50.2 Å². The van der Waals surface area contributed by atoms with Crippen molar-refractivity contribution in [3.8, 4) is 0 Å². The van der Waals surface area contributed by atoms with E-state index in [-0.39, 0.29) is 11.3 Å². The van der Waals surface area contributed by atoms with E-state index >= 15 is 0 Å². The second-order valence-corrected chi connectivity index (χ2v) is 8.32. The summed E-state index contributed by atoms with van der Waals surface area (Å²) in [5.41, 5.74) is 2.67. The molecule has 0 aliphatic carbocycles. The minimum Gasteiger partial charge on any atom is -0.503 e. The molecule has 33 heavy (non-hydrogen) atoms. The molecule has 1 amide bonds. The minimum atomic E-state index is -0.885. The molecule has 4 aromatic rings. The lowest BCUT2D eigenvalue weighted by Gasteiger charge is -2.26. The van der Waals surface area contributed by atoms with Crippen LogP contribution >= 0.6 is 0 Å². The maximum atomic E-state index is 13.6. The molecule has 0 saturated heterocycles. The highest BCUT2D eigenvalue weighted by molar-refractivity contribution is 6.20. The molecule has 0 radical (unpaired) electrons. The Morgan fingerprint density at radius 1 is 1.03 bits per heavy atom. The van der Waals surface area contributed by atoms with Gasteiger partial charge in [0.15, 0.2) is 11.5 Å². The quantitative estimate of drug-likeness (QED) is 0.402. The van der Waals surface area contributed by atoms with Crippen molar-refractivity contribution in [2.24, 2.45) is 0 Å². The standard InChI is InChI=1S/C27H22N2O4/c1-16(2)17-10-12-19(13-11-17)29-24(20-8-5-6-14-28-20)23(26(31)27(29)32)25(30)22-15-18-7-3-4-9-21(18)33-22/h3-16,24,31H,1-2H3. The van der Waals surface area contributed by atoms with Gasteiger partial charge in [-0.05, 0) is 47.9 Å². The van der Waals surface area contributed by atoms with E-state index in [1.54, 1.807) is 36.5 Å². The predicted octanol–water partition coefficient (Wildman–Crippen LogP) is 5.73. The lowest BCUT2D eigenvalue weighted by atomic mass is 9.97. The third kappa shape index (κ3) is 3.49. The minimum absolute atomic E-state index is 0.0503. The third-order valence-corrected chi connectivity index (χ3v) is 5.91. The topological polar surface area (TPSA) is 83.6 Å². The van der Waals surface area contributed by atoms with Crippen LogP contribution < -0.4 is 4.90 Å². The molecular formula is C27H22N2O4. The van der Waals surface area contributed by atoms with Crippen LogP contribution in [0.25, 0.3) is 11.0 Å². The Hall–Kier alpha value is -4.19. The van der Waals surface area contributed by atoms with Gasteiger partial charge < -0.3 is 9.52 Å². The molecule has 2 aromatic heterocycles. The zero-order valence-corrected chi connectivity index (χ0v) is 18.2. The number of pyridine rings is 1. The van der Waals surface area contributed by atoms with E-state index in [0.717, 1.165) is 10.9 Å². The van der Waals surface area contributed by atoms with Crippen LogP contribution in [0.5, 0.6) is 0 Å². The highest BCUT2D eigenvalue weighted by Gasteiger charge is 2.46. The van der Waals surface area contributed by atoms with Gasteiger partial charge in [-0.15, -0.1) is 0 Å². The lowest BCUT2D eigenvalue weighted by molar-refractivity contribution is -0.117. The first-order valence-electron chi connectivity index (χ1n) is 10.8. The number of Topliss-reactive ketones (excluding diaryl/α,β-unsaturated/α-hetero) is 1. The van der Waals surface area contributed by atoms with Crippen molar-refractivity contribution in [3.05, 3.63) is 107 Å². The van der Waals surface area contributed by atoms with Crippen molar-refractivity contribution in [2.75, 3.05) is 4.90 Å². The van der Waals surface area contributed by atoms with Crippen molar-refractivity contribution >= 4 is 28.3 Å². The number of ketones is 1. The van der Waals surface area contributed by atoms with Gasteiger partial charge in [-0.2, -0.15) is 0 Å². The third-order valence-electron chi connectivity index (χ3n) is 5.91. The largest absolute Gasteiger partial charge is 0.503 e. The molecule has 1 N–H and O–H groups in total. The van der Waals surface area contributed by atoms with Gasteiger partial charge in [0.2, 0.25) is 5.78 Å². The second kappa shape index (κ2) is 8.06. The number of para-hydroxylation sites is 1. The van der Waals surface area contributed by atoms with Gasteiger partial charge in [-0.25, -0.2) is 0 Å². The summed E-state index contributed by atoms with van der Waals surface area (Å²) in [6.45, 7) is 4.17. The average molecular weight is 438 g/mol. The number of rotatable bonds is 5. The van der Waals surface area contributed by atoms with Crippen molar-refractivity contribution in [1.29, 1.82) is 0 Å². The van der Waals surface area contributed by atoms with Gasteiger partial charge in [0.05, 0.1) is 11.3 Å². The first-order valence-corrected chi connectivity index (χ1v) is 10.8. The highest BCUT2D eigenvalue weighted by atomic mass is 16.3. The smallest absolute Gasteiger partial charge is 0.294 e. The molecule has 2 aromatic carbocycles. The van der Waals surface area contributed by atoms with E-state index < -0.39 is 23.5 Å². The number of aliphatic hydroxyl groups is 1. The summed E-state index contributed by atoms with van der Waals surface area (Å²) in [6, 6.07) is 20.8. The Morgan fingerprint density at radius 3 is 2.42 bits per heavy atom. The average Bonchev–Trinajstić information content (AvgIpc) is 3.38. The Bertz CT molecular complexity index is 1350. The van der Waals surface area contributed by atoms with Crippen LogP contribution in [0.1, 0.15) is 47.6 Å². The molecule has 3 heterocycles. The van der Waals surface area contributed by atoms with Gasteiger partial charge in [0.25, 0.3) is 5.91 Å². The zero-order chi connectivity index (χ0) is 23.1. The number of nitrogens with zero attached hydrogens (tertiary/aromatic N) is 2. The van der Waals surface area contributed by atoms with Crippen LogP contribution in [0, 0.1) is 0 Å². The first kappa shape index (κ1) is 20.7. The Kier molecular flexibility index (Phi) is 5.05. The molecule has 1 unspecified atom stereocenters. The van der Waals surface area contributed by atoms with Crippen LogP contribution in [0.3, 0.4) is 0 Å². The number of furan rings is 1.